The summed E-state index contributed by atoms with van der Waals surface area (Å²) in [5.41, 5.74) is -0.0714. The van der Waals surface area contributed by atoms with Gasteiger partial charge in [0.15, 0.2) is 0 Å². The number of anilines is 1. The molecule has 6 heteroatoms. The van der Waals surface area contributed by atoms with Gasteiger partial charge in [0.1, 0.15) is 18.0 Å². The van der Waals surface area contributed by atoms with Gasteiger partial charge in [-0.3, -0.25) is 9.69 Å². The molecule has 1 fully saturated rings. The number of hydrogen-bond donors (Lipinski definition) is 1. The monoisotopic (exact) mass is 392 g/mol. The zero-order valence-corrected chi connectivity index (χ0v) is 17.8. The number of benzene rings is 1. The number of nitrogens with one attached hydrogen (secondary N) is 1. The molecule has 1 amide bonds. The number of amides is 1. The Morgan fingerprint density at radius 2 is 1.89 bits per heavy atom. The molecule has 0 saturated carbocycles. The molecule has 6 nitrogen and oxygen atoms in total. The minimum atomic E-state index is -0.822. The number of nitrogens with zero attached hydrogens (tertiary/aromatic N) is 1. The molecule has 0 spiro atoms. The van der Waals surface area contributed by atoms with Gasteiger partial charge in [-0.1, -0.05) is 20.8 Å². The van der Waals surface area contributed by atoms with Gasteiger partial charge in [0.05, 0.1) is 13.2 Å². The van der Waals surface area contributed by atoms with Crippen LogP contribution in [0.3, 0.4) is 0 Å². The second-order valence-electron chi connectivity index (χ2n) is 7.96. The molecule has 1 aliphatic rings. The van der Waals surface area contributed by atoms with Crippen LogP contribution in [0.4, 0.5) is 5.69 Å². The maximum absolute atomic E-state index is 12.8. The molecular weight excluding hydrogens is 356 g/mol. The molecule has 28 heavy (non-hydrogen) atoms. The largest absolute Gasteiger partial charge is 0.492 e. The van der Waals surface area contributed by atoms with E-state index in [-0.39, 0.29) is 5.91 Å². The summed E-state index contributed by atoms with van der Waals surface area (Å²) in [6.07, 6.45) is 1.57. The van der Waals surface area contributed by atoms with E-state index in [1.807, 2.05) is 38.1 Å². The van der Waals surface area contributed by atoms with Crippen molar-refractivity contribution in [1.29, 1.82) is 0 Å². The van der Waals surface area contributed by atoms with E-state index in [9.17, 15) is 4.79 Å². The highest BCUT2D eigenvalue weighted by Gasteiger charge is 2.34. The summed E-state index contributed by atoms with van der Waals surface area (Å²) in [6, 6.07) is 7.53. The van der Waals surface area contributed by atoms with Crippen LogP contribution in [0.15, 0.2) is 24.3 Å². The minimum Gasteiger partial charge on any atom is -0.492 e. The van der Waals surface area contributed by atoms with Crippen molar-refractivity contribution in [2.24, 2.45) is 5.92 Å². The van der Waals surface area contributed by atoms with E-state index < -0.39 is 5.60 Å². The lowest BCUT2D eigenvalue weighted by Crippen LogP contribution is -2.44. The van der Waals surface area contributed by atoms with E-state index in [0.29, 0.717) is 25.6 Å². The first-order valence-corrected chi connectivity index (χ1v) is 10.4. The SMILES string of the molecule is CCCO[C@@](C)(CC(C)C)C(=O)Nc1ccc(OCCN2CCOCC2)cc1. The molecule has 1 N–H and O–H groups in total. The lowest BCUT2D eigenvalue weighted by atomic mass is 9.93. The van der Waals surface area contributed by atoms with Crippen LogP contribution in [0.1, 0.15) is 40.5 Å². The molecule has 2 rings (SSSR count). The molecule has 1 aliphatic heterocycles. The molecule has 158 valence electrons. The molecule has 1 aromatic rings. The van der Waals surface area contributed by atoms with E-state index in [2.05, 4.69) is 24.1 Å². The summed E-state index contributed by atoms with van der Waals surface area (Å²) in [6.45, 7) is 13.8. The fourth-order valence-corrected chi connectivity index (χ4v) is 3.34. The molecule has 0 unspecified atom stereocenters. The van der Waals surface area contributed by atoms with Crippen LogP contribution in [-0.2, 0) is 14.3 Å². The quantitative estimate of drug-likeness (QED) is 0.624. The smallest absolute Gasteiger partial charge is 0.256 e. The van der Waals surface area contributed by atoms with Crippen LogP contribution in [0, 0.1) is 5.92 Å². The number of carbonyl (C=O) groups is 1. The third kappa shape index (κ3) is 7.41. The van der Waals surface area contributed by atoms with Crippen LogP contribution < -0.4 is 10.1 Å². The van der Waals surface area contributed by atoms with Gasteiger partial charge in [-0.2, -0.15) is 0 Å². The second kappa shape index (κ2) is 11.4. The van der Waals surface area contributed by atoms with E-state index >= 15 is 0 Å². The molecule has 0 radical (unpaired) electrons. The predicted molar refractivity (Wildman–Crippen MR) is 112 cm³/mol. The Balaban J connectivity index is 1.84. The van der Waals surface area contributed by atoms with Crippen molar-refractivity contribution in [3.8, 4) is 5.75 Å². The average molecular weight is 393 g/mol. The van der Waals surface area contributed by atoms with Crippen molar-refractivity contribution in [3.63, 3.8) is 0 Å². The van der Waals surface area contributed by atoms with Crippen molar-refractivity contribution in [1.82, 2.24) is 4.90 Å². The molecular formula is C22H36N2O4. The second-order valence-corrected chi connectivity index (χ2v) is 7.96. The summed E-state index contributed by atoms with van der Waals surface area (Å²) >= 11 is 0. The van der Waals surface area contributed by atoms with Crippen LogP contribution in [0.2, 0.25) is 0 Å². The summed E-state index contributed by atoms with van der Waals surface area (Å²) in [5.74, 6) is 1.07. The fourth-order valence-electron chi connectivity index (χ4n) is 3.34. The predicted octanol–water partition coefficient (Wildman–Crippen LogP) is 3.57. The summed E-state index contributed by atoms with van der Waals surface area (Å²) in [5, 5.41) is 2.99. The van der Waals surface area contributed by atoms with Crippen LogP contribution in [0.25, 0.3) is 0 Å². The Labute approximate surface area is 169 Å². The Morgan fingerprint density at radius 1 is 1.21 bits per heavy atom. The van der Waals surface area contributed by atoms with E-state index in [1.54, 1.807) is 0 Å². The summed E-state index contributed by atoms with van der Waals surface area (Å²) in [7, 11) is 0. The lowest BCUT2D eigenvalue weighted by Gasteiger charge is -2.30. The number of carbonyl (C=O) groups excluding carboxylic acids is 1. The van der Waals surface area contributed by atoms with Crippen molar-refractivity contribution in [2.75, 3.05) is 51.4 Å². The Kier molecular flexibility index (Phi) is 9.22. The van der Waals surface area contributed by atoms with Crippen molar-refractivity contribution < 1.29 is 19.0 Å². The Hall–Kier alpha value is -1.63. The highest BCUT2D eigenvalue weighted by Crippen LogP contribution is 2.24. The lowest BCUT2D eigenvalue weighted by molar-refractivity contribution is -0.141. The Bertz CT molecular complexity index is 585. The van der Waals surface area contributed by atoms with Crippen LogP contribution in [0.5, 0.6) is 5.75 Å². The Morgan fingerprint density at radius 3 is 2.50 bits per heavy atom. The van der Waals surface area contributed by atoms with Crippen molar-refractivity contribution in [2.45, 2.75) is 46.1 Å². The van der Waals surface area contributed by atoms with E-state index in [4.69, 9.17) is 14.2 Å². The van der Waals surface area contributed by atoms with Gasteiger partial charge in [0.2, 0.25) is 0 Å². The molecule has 0 aromatic heterocycles. The molecule has 0 bridgehead atoms. The van der Waals surface area contributed by atoms with Crippen molar-refractivity contribution >= 4 is 11.6 Å². The number of ether oxygens (including phenoxy) is 3. The summed E-state index contributed by atoms with van der Waals surface area (Å²) < 4.78 is 17.1. The van der Waals surface area contributed by atoms with Gasteiger partial charge in [-0.25, -0.2) is 0 Å². The van der Waals surface area contributed by atoms with Gasteiger partial charge in [0, 0.05) is 31.9 Å². The number of morpholine rings is 1. The molecule has 1 atom stereocenters. The maximum atomic E-state index is 12.8. The van der Waals surface area contributed by atoms with Gasteiger partial charge in [-0.05, 0) is 49.9 Å². The highest BCUT2D eigenvalue weighted by molar-refractivity contribution is 5.97. The zero-order valence-electron chi connectivity index (χ0n) is 17.8. The third-order valence-electron chi connectivity index (χ3n) is 4.79. The standard InChI is InChI=1S/C22H36N2O4/c1-5-13-28-22(4,17-18(2)3)21(25)23-19-6-8-20(9-7-19)27-16-12-24-10-14-26-15-11-24/h6-9,18H,5,10-17H2,1-4H3,(H,23,25)/t22-/m0/s1. The van der Waals surface area contributed by atoms with Crippen molar-refractivity contribution in [3.05, 3.63) is 24.3 Å². The van der Waals surface area contributed by atoms with Gasteiger partial charge < -0.3 is 19.5 Å². The fraction of sp³-hybridized carbons (Fsp3) is 0.682. The average Bonchev–Trinajstić information content (AvgIpc) is 2.68. The summed E-state index contributed by atoms with van der Waals surface area (Å²) in [4.78, 5) is 15.2. The molecule has 1 heterocycles. The van der Waals surface area contributed by atoms with Gasteiger partial charge in [0.25, 0.3) is 5.91 Å². The molecule has 1 aromatic carbocycles. The first-order chi connectivity index (χ1) is 13.4. The topological polar surface area (TPSA) is 60.0 Å². The van der Waals surface area contributed by atoms with E-state index in [1.165, 1.54) is 0 Å². The minimum absolute atomic E-state index is 0.101. The normalized spacial score (nSPS) is 17.3. The molecule has 0 aliphatic carbocycles. The maximum Gasteiger partial charge on any atom is 0.256 e. The first-order valence-electron chi connectivity index (χ1n) is 10.4. The number of hydrogen-bond acceptors (Lipinski definition) is 5. The molecule has 1 saturated heterocycles. The first kappa shape index (κ1) is 22.7. The van der Waals surface area contributed by atoms with Crippen LogP contribution >= 0.6 is 0 Å². The highest BCUT2D eigenvalue weighted by atomic mass is 16.5. The number of rotatable bonds is 11. The van der Waals surface area contributed by atoms with Crippen LogP contribution in [-0.4, -0.2) is 62.5 Å². The zero-order chi connectivity index (χ0) is 20.4. The van der Waals surface area contributed by atoms with E-state index in [0.717, 1.165) is 50.7 Å². The third-order valence-corrected chi connectivity index (χ3v) is 4.79. The van der Waals surface area contributed by atoms with Gasteiger partial charge in [-0.15, -0.1) is 0 Å². The van der Waals surface area contributed by atoms with Gasteiger partial charge >= 0.3 is 0 Å².